The molecule has 7 heteroatoms. The summed E-state index contributed by atoms with van der Waals surface area (Å²) < 4.78 is 7.52. The molecule has 150 valence electrons. The van der Waals surface area contributed by atoms with E-state index >= 15 is 0 Å². The highest BCUT2D eigenvalue weighted by Gasteiger charge is 2.35. The van der Waals surface area contributed by atoms with E-state index in [1.807, 2.05) is 51.1 Å². The van der Waals surface area contributed by atoms with Gasteiger partial charge in [-0.3, -0.25) is 9.59 Å². The third kappa shape index (κ3) is 4.35. The molecule has 1 fully saturated rings. The lowest BCUT2D eigenvalue weighted by atomic mass is 9.87. The van der Waals surface area contributed by atoms with E-state index in [0.717, 1.165) is 5.69 Å². The van der Waals surface area contributed by atoms with Gasteiger partial charge >= 0.3 is 5.97 Å². The SMILES string of the molecule is CC(C)COc1cn(-c2ccccc2)nc1C(=O)N1CCC(C(=O)O)C(C)C1. The summed E-state index contributed by atoms with van der Waals surface area (Å²) in [6.45, 7) is 7.25. The maximum absolute atomic E-state index is 13.2. The zero-order valence-electron chi connectivity index (χ0n) is 16.5. The first-order chi connectivity index (χ1) is 13.4. The number of amides is 1. The molecule has 2 aromatic rings. The number of rotatable bonds is 6. The monoisotopic (exact) mass is 385 g/mol. The zero-order chi connectivity index (χ0) is 20.3. The molecule has 0 bridgehead atoms. The van der Waals surface area contributed by atoms with Crippen molar-refractivity contribution in [2.75, 3.05) is 19.7 Å². The number of piperidine rings is 1. The lowest BCUT2D eigenvalue weighted by molar-refractivity contribution is -0.145. The normalized spacial score (nSPS) is 19.6. The first kappa shape index (κ1) is 19.9. The average Bonchev–Trinajstić information content (AvgIpc) is 3.10. The highest BCUT2D eigenvalue weighted by molar-refractivity contribution is 5.95. The number of hydrogen-bond acceptors (Lipinski definition) is 4. The number of aromatic nitrogens is 2. The number of likely N-dealkylation sites (tertiary alicyclic amines) is 1. The minimum atomic E-state index is -0.797. The average molecular weight is 385 g/mol. The van der Waals surface area contributed by atoms with Gasteiger partial charge in [-0.1, -0.05) is 39.0 Å². The Balaban J connectivity index is 1.85. The second kappa shape index (κ2) is 8.46. The highest BCUT2D eigenvalue weighted by atomic mass is 16.5. The van der Waals surface area contributed by atoms with Crippen LogP contribution in [0.1, 0.15) is 37.7 Å². The molecule has 2 heterocycles. The molecule has 28 heavy (non-hydrogen) atoms. The number of carbonyl (C=O) groups is 2. The summed E-state index contributed by atoms with van der Waals surface area (Å²) in [6.07, 6.45) is 2.18. The Bertz CT molecular complexity index is 831. The Hall–Kier alpha value is -2.83. The van der Waals surface area contributed by atoms with Crippen molar-refractivity contribution in [1.82, 2.24) is 14.7 Å². The van der Waals surface area contributed by atoms with Crippen molar-refractivity contribution in [1.29, 1.82) is 0 Å². The maximum Gasteiger partial charge on any atom is 0.306 e. The van der Waals surface area contributed by atoms with Gasteiger partial charge < -0.3 is 14.7 Å². The topological polar surface area (TPSA) is 84.7 Å². The molecule has 3 rings (SSSR count). The molecular formula is C21H27N3O4. The van der Waals surface area contributed by atoms with Gasteiger partial charge in [0.1, 0.15) is 0 Å². The van der Waals surface area contributed by atoms with Crippen LogP contribution in [0.2, 0.25) is 0 Å². The fraction of sp³-hybridized carbons (Fsp3) is 0.476. The third-order valence-corrected chi connectivity index (χ3v) is 4.99. The van der Waals surface area contributed by atoms with E-state index in [1.165, 1.54) is 0 Å². The largest absolute Gasteiger partial charge is 0.489 e. The van der Waals surface area contributed by atoms with Crippen molar-refractivity contribution in [2.24, 2.45) is 17.8 Å². The predicted molar refractivity (Wildman–Crippen MR) is 105 cm³/mol. The molecule has 1 aliphatic rings. The number of carboxylic acids is 1. The number of benzene rings is 1. The van der Waals surface area contributed by atoms with Crippen LogP contribution < -0.4 is 4.74 Å². The molecular weight excluding hydrogens is 358 g/mol. The molecule has 2 atom stereocenters. The lowest BCUT2D eigenvalue weighted by Gasteiger charge is -2.34. The Morgan fingerprint density at radius 3 is 2.61 bits per heavy atom. The van der Waals surface area contributed by atoms with Crippen molar-refractivity contribution in [3.8, 4) is 11.4 Å². The van der Waals surface area contributed by atoms with Gasteiger partial charge in [0.15, 0.2) is 11.4 Å². The number of ether oxygens (including phenoxy) is 1. The fourth-order valence-corrected chi connectivity index (χ4v) is 3.43. The Kier molecular flexibility index (Phi) is 6.02. The van der Waals surface area contributed by atoms with Crippen molar-refractivity contribution < 1.29 is 19.4 Å². The van der Waals surface area contributed by atoms with E-state index < -0.39 is 11.9 Å². The molecule has 0 saturated carbocycles. The number of hydrogen-bond donors (Lipinski definition) is 1. The summed E-state index contributed by atoms with van der Waals surface area (Å²) in [6, 6.07) is 9.56. The van der Waals surface area contributed by atoms with Crippen LogP contribution >= 0.6 is 0 Å². The van der Waals surface area contributed by atoms with Crippen molar-refractivity contribution in [3.63, 3.8) is 0 Å². The Labute approximate surface area is 164 Å². The van der Waals surface area contributed by atoms with Crippen LogP contribution in [0, 0.1) is 17.8 Å². The second-order valence-corrected chi connectivity index (χ2v) is 7.79. The first-order valence-corrected chi connectivity index (χ1v) is 9.66. The second-order valence-electron chi connectivity index (χ2n) is 7.79. The minimum absolute atomic E-state index is 0.105. The van der Waals surface area contributed by atoms with Gasteiger partial charge in [-0.15, -0.1) is 0 Å². The quantitative estimate of drug-likeness (QED) is 0.826. The van der Waals surface area contributed by atoms with E-state index in [9.17, 15) is 14.7 Å². The molecule has 0 aliphatic carbocycles. The van der Waals surface area contributed by atoms with Crippen molar-refractivity contribution in [2.45, 2.75) is 27.2 Å². The fourth-order valence-electron chi connectivity index (χ4n) is 3.43. The number of nitrogens with zero attached hydrogens (tertiary/aromatic N) is 3. The summed E-state index contributed by atoms with van der Waals surface area (Å²) >= 11 is 0. The number of carboxylic acid groups (broad SMARTS) is 1. The van der Waals surface area contributed by atoms with Gasteiger partial charge in [0.2, 0.25) is 0 Å². The van der Waals surface area contributed by atoms with Crippen LogP contribution in [0.3, 0.4) is 0 Å². The van der Waals surface area contributed by atoms with Gasteiger partial charge in [-0.25, -0.2) is 4.68 Å². The van der Waals surface area contributed by atoms with Crippen LogP contribution in [-0.4, -0.2) is 51.4 Å². The first-order valence-electron chi connectivity index (χ1n) is 9.66. The van der Waals surface area contributed by atoms with E-state index in [-0.39, 0.29) is 17.5 Å². The predicted octanol–water partition coefficient (Wildman–Crippen LogP) is 3.09. The van der Waals surface area contributed by atoms with E-state index in [0.29, 0.717) is 37.8 Å². The molecule has 2 unspecified atom stereocenters. The van der Waals surface area contributed by atoms with Gasteiger partial charge in [0.25, 0.3) is 5.91 Å². The lowest BCUT2D eigenvalue weighted by Crippen LogP contribution is -2.45. The Morgan fingerprint density at radius 2 is 2.00 bits per heavy atom. The van der Waals surface area contributed by atoms with Crippen molar-refractivity contribution in [3.05, 3.63) is 42.2 Å². The number of carbonyl (C=O) groups excluding carboxylic acids is 1. The third-order valence-electron chi connectivity index (χ3n) is 4.99. The van der Waals surface area contributed by atoms with Crippen LogP contribution in [-0.2, 0) is 4.79 Å². The summed E-state index contributed by atoms with van der Waals surface area (Å²) in [4.78, 5) is 26.2. The zero-order valence-corrected chi connectivity index (χ0v) is 16.5. The number of aliphatic carboxylic acids is 1. The standard InChI is InChI=1S/C21H27N3O4/c1-14(2)13-28-18-12-24(16-7-5-4-6-8-16)22-19(18)20(25)23-10-9-17(21(26)27)15(3)11-23/h4-8,12,14-15,17H,9-11,13H2,1-3H3,(H,26,27). The van der Waals surface area contributed by atoms with E-state index in [1.54, 1.807) is 15.8 Å². The van der Waals surface area contributed by atoms with Crippen LogP contribution in [0.5, 0.6) is 5.75 Å². The van der Waals surface area contributed by atoms with E-state index in [4.69, 9.17) is 4.74 Å². The summed E-state index contributed by atoms with van der Waals surface area (Å²) in [5.74, 6) is -0.767. The minimum Gasteiger partial charge on any atom is -0.489 e. The molecule has 1 aromatic heterocycles. The Morgan fingerprint density at radius 1 is 1.29 bits per heavy atom. The molecule has 0 radical (unpaired) electrons. The molecule has 1 amide bonds. The number of para-hydroxylation sites is 1. The summed E-state index contributed by atoms with van der Waals surface area (Å²) in [7, 11) is 0. The smallest absolute Gasteiger partial charge is 0.306 e. The molecule has 0 spiro atoms. The summed E-state index contributed by atoms with van der Waals surface area (Å²) in [5, 5.41) is 13.8. The maximum atomic E-state index is 13.2. The van der Waals surface area contributed by atoms with Crippen molar-refractivity contribution >= 4 is 11.9 Å². The molecule has 1 aliphatic heterocycles. The van der Waals surface area contributed by atoms with Crippen LogP contribution in [0.15, 0.2) is 36.5 Å². The molecule has 1 saturated heterocycles. The van der Waals surface area contributed by atoms with Gasteiger partial charge in [0.05, 0.1) is 24.4 Å². The molecule has 7 nitrogen and oxygen atoms in total. The van der Waals surface area contributed by atoms with Crippen LogP contribution in [0.4, 0.5) is 0 Å². The van der Waals surface area contributed by atoms with Gasteiger partial charge in [0, 0.05) is 13.1 Å². The highest BCUT2D eigenvalue weighted by Crippen LogP contribution is 2.27. The molecule has 1 aromatic carbocycles. The van der Waals surface area contributed by atoms with Crippen LogP contribution in [0.25, 0.3) is 5.69 Å². The molecule has 1 N–H and O–H groups in total. The summed E-state index contributed by atoms with van der Waals surface area (Å²) in [5.41, 5.74) is 1.11. The van der Waals surface area contributed by atoms with E-state index in [2.05, 4.69) is 5.10 Å². The van der Waals surface area contributed by atoms with Gasteiger partial charge in [-0.2, -0.15) is 5.10 Å². The van der Waals surface area contributed by atoms with Gasteiger partial charge in [-0.05, 0) is 30.4 Å².